The summed E-state index contributed by atoms with van der Waals surface area (Å²) in [6, 6.07) is 0. The van der Waals surface area contributed by atoms with Crippen LogP contribution in [0.15, 0.2) is 0 Å². The number of terminal acetylenes is 1. The first-order valence-electron chi connectivity index (χ1n) is 2.68. The second kappa shape index (κ2) is 1.22. The van der Waals surface area contributed by atoms with E-state index in [4.69, 9.17) is 18.0 Å². The maximum atomic E-state index is 5.88. The minimum atomic E-state index is -0.312. The van der Waals surface area contributed by atoms with Crippen LogP contribution in [0.2, 0.25) is 0 Å². The van der Waals surface area contributed by atoms with Gasteiger partial charge in [-0.1, -0.05) is 19.8 Å². The molecule has 1 heteroatoms. The Labute approximate surface area is 55.2 Å². The molecule has 0 aromatic rings. The lowest BCUT2D eigenvalue weighted by atomic mass is 10.1. The third-order valence-corrected chi connectivity index (χ3v) is 2.62. The Morgan fingerprint density at radius 3 is 2.00 bits per heavy atom. The molecule has 0 saturated heterocycles. The highest BCUT2D eigenvalue weighted by atomic mass is 35.5. The fourth-order valence-corrected chi connectivity index (χ4v) is 1.15. The SMILES string of the molecule is C#CC1(Cl)CC1(C)C. The molecule has 1 aliphatic rings. The van der Waals surface area contributed by atoms with Crippen LogP contribution in [0.3, 0.4) is 0 Å². The largest absolute Gasteiger partial charge is 0.118 e. The lowest BCUT2D eigenvalue weighted by Gasteiger charge is -2.01. The van der Waals surface area contributed by atoms with E-state index in [1.165, 1.54) is 0 Å². The van der Waals surface area contributed by atoms with Crippen molar-refractivity contribution in [2.24, 2.45) is 5.41 Å². The molecular weight excluding hydrogens is 120 g/mol. The number of hydrogen-bond acceptors (Lipinski definition) is 0. The lowest BCUT2D eigenvalue weighted by molar-refractivity contribution is 0.629. The number of rotatable bonds is 0. The smallest absolute Gasteiger partial charge is 0.110 e. The van der Waals surface area contributed by atoms with Crippen LogP contribution in [-0.2, 0) is 0 Å². The van der Waals surface area contributed by atoms with Gasteiger partial charge in [-0.3, -0.25) is 0 Å². The van der Waals surface area contributed by atoms with Gasteiger partial charge in [-0.25, -0.2) is 0 Å². The van der Waals surface area contributed by atoms with Gasteiger partial charge in [0.25, 0.3) is 0 Å². The van der Waals surface area contributed by atoms with Gasteiger partial charge in [0.05, 0.1) is 0 Å². The molecule has 1 aliphatic carbocycles. The summed E-state index contributed by atoms with van der Waals surface area (Å²) >= 11 is 5.88. The van der Waals surface area contributed by atoms with E-state index in [0.29, 0.717) is 0 Å². The quantitative estimate of drug-likeness (QED) is 0.346. The highest BCUT2D eigenvalue weighted by Gasteiger charge is 2.59. The second-order valence-corrected chi connectivity index (χ2v) is 3.65. The van der Waals surface area contributed by atoms with Crippen molar-refractivity contribution in [3.05, 3.63) is 0 Å². The number of alkyl halides is 1. The summed E-state index contributed by atoms with van der Waals surface area (Å²) in [5.74, 6) is 2.57. The zero-order chi connectivity index (χ0) is 6.41. The molecule has 44 valence electrons. The van der Waals surface area contributed by atoms with E-state index >= 15 is 0 Å². The predicted octanol–water partition coefficient (Wildman–Crippen LogP) is 2.03. The zero-order valence-corrected chi connectivity index (χ0v) is 5.92. The Morgan fingerprint density at radius 2 is 2.00 bits per heavy atom. The molecule has 0 nitrogen and oxygen atoms in total. The molecule has 0 aromatic heterocycles. The fourth-order valence-electron chi connectivity index (χ4n) is 0.811. The minimum absolute atomic E-state index is 0.184. The summed E-state index contributed by atoms with van der Waals surface area (Å²) in [7, 11) is 0. The second-order valence-electron chi connectivity index (χ2n) is 3.01. The van der Waals surface area contributed by atoms with Crippen molar-refractivity contribution in [3.63, 3.8) is 0 Å². The standard InChI is InChI=1S/C7H9Cl/c1-4-7(8)5-6(7,2)3/h1H,5H2,2-3H3. The summed E-state index contributed by atoms with van der Waals surface area (Å²) in [6.07, 6.45) is 6.12. The van der Waals surface area contributed by atoms with Crippen molar-refractivity contribution in [1.29, 1.82) is 0 Å². The van der Waals surface area contributed by atoms with Gasteiger partial charge >= 0.3 is 0 Å². The number of halogens is 1. The van der Waals surface area contributed by atoms with Crippen molar-refractivity contribution in [3.8, 4) is 12.3 Å². The van der Waals surface area contributed by atoms with Crippen LogP contribution in [0.4, 0.5) is 0 Å². The molecule has 8 heavy (non-hydrogen) atoms. The van der Waals surface area contributed by atoms with E-state index in [1.54, 1.807) is 0 Å². The van der Waals surface area contributed by atoms with Crippen LogP contribution in [0.1, 0.15) is 20.3 Å². The molecule has 0 N–H and O–H groups in total. The molecular formula is C7H9Cl. The van der Waals surface area contributed by atoms with E-state index in [0.717, 1.165) is 6.42 Å². The van der Waals surface area contributed by atoms with Crippen LogP contribution in [0.25, 0.3) is 0 Å². The van der Waals surface area contributed by atoms with Gasteiger partial charge in [0, 0.05) is 0 Å². The monoisotopic (exact) mass is 128 g/mol. The Morgan fingerprint density at radius 1 is 1.62 bits per heavy atom. The Bertz CT molecular complexity index is 152. The van der Waals surface area contributed by atoms with E-state index < -0.39 is 0 Å². The Balaban J connectivity index is 2.72. The van der Waals surface area contributed by atoms with Gasteiger partial charge in [-0.2, -0.15) is 0 Å². The predicted molar refractivity (Wildman–Crippen MR) is 35.8 cm³/mol. The van der Waals surface area contributed by atoms with E-state index in [9.17, 15) is 0 Å². The summed E-state index contributed by atoms with van der Waals surface area (Å²) in [5, 5.41) is 0. The van der Waals surface area contributed by atoms with Gasteiger partial charge < -0.3 is 0 Å². The van der Waals surface area contributed by atoms with Crippen molar-refractivity contribution < 1.29 is 0 Å². The average Bonchev–Trinajstić information content (AvgIpc) is 2.10. The first-order chi connectivity index (χ1) is 3.52. The van der Waals surface area contributed by atoms with Crippen LogP contribution >= 0.6 is 11.6 Å². The third kappa shape index (κ3) is 0.548. The van der Waals surface area contributed by atoms with E-state index in [-0.39, 0.29) is 10.3 Å². The molecule has 0 amide bonds. The maximum absolute atomic E-state index is 5.88. The molecule has 0 spiro atoms. The maximum Gasteiger partial charge on any atom is 0.110 e. The molecule has 0 aliphatic heterocycles. The molecule has 1 rings (SSSR count). The molecule has 0 bridgehead atoms. The highest BCUT2D eigenvalue weighted by molar-refractivity contribution is 6.28. The molecule has 0 radical (unpaired) electrons. The van der Waals surface area contributed by atoms with Crippen LogP contribution in [-0.4, -0.2) is 4.87 Å². The normalized spacial score (nSPS) is 40.8. The number of hydrogen-bond donors (Lipinski definition) is 0. The first kappa shape index (κ1) is 5.98. The summed E-state index contributed by atoms with van der Waals surface area (Å²) in [5.41, 5.74) is 0.184. The zero-order valence-electron chi connectivity index (χ0n) is 5.16. The molecule has 1 unspecified atom stereocenters. The molecule has 1 atom stereocenters. The molecule has 1 saturated carbocycles. The van der Waals surface area contributed by atoms with E-state index in [2.05, 4.69) is 19.8 Å². The molecule has 0 heterocycles. The summed E-state index contributed by atoms with van der Waals surface area (Å²) in [4.78, 5) is -0.312. The molecule has 0 aromatic carbocycles. The fraction of sp³-hybridized carbons (Fsp3) is 0.714. The van der Waals surface area contributed by atoms with Gasteiger partial charge in [0.15, 0.2) is 0 Å². The lowest BCUT2D eigenvalue weighted by Crippen LogP contribution is -2.02. The van der Waals surface area contributed by atoms with Crippen LogP contribution in [0.5, 0.6) is 0 Å². The van der Waals surface area contributed by atoms with Gasteiger partial charge in [-0.15, -0.1) is 18.0 Å². The van der Waals surface area contributed by atoms with Gasteiger partial charge in [0.2, 0.25) is 0 Å². The van der Waals surface area contributed by atoms with Crippen molar-refractivity contribution in [2.75, 3.05) is 0 Å². The first-order valence-corrected chi connectivity index (χ1v) is 3.06. The summed E-state index contributed by atoms with van der Waals surface area (Å²) < 4.78 is 0. The van der Waals surface area contributed by atoms with Crippen molar-refractivity contribution in [1.82, 2.24) is 0 Å². The molecule has 1 fully saturated rings. The van der Waals surface area contributed by atoms with E-state index in [1.807, 2.05) is 0 Å². The summed E-state index contributed by atoms with van der Waals surface area (Å²) in [6.45, 7) is 4.17. The van der Waals surface area contributed by atoms with Gasteiger partial charge in [0.1, 0.15) is 4.87 Å². The van der Waals surface area contributed by atoms with Crippen molar-refractivity contribution >= 4 is 11.6 Å². The third-order valence-electron chi connectivity index (χ3n) is 1.86. The Kier molecular flexibility index (Phi) is 0.913. The topological polar surface area (TPSA) is 0 Å². The van der Waals surface area contributed by atoms with Crippen LogP contribution < -0.4 is 0 Å². The average molecular weight is 129 g/mol. The Hall–Kier alpha value is -0.150. The highest BCUT2D eigenvalue weighted by Crippen LogP contribution is 2.59. The minimum Gasteiger partial charge on any atom is -0.118 e. The van der Waals surface area contributed by atoms with Gasteiger partial charge in [-0.05, 0) is 11.8 Å². The van der Waals surface area contributed by atoms with Crippen LogP contribution in [0, 0.1) is 17.8 Å². The van der Waals surface area contributed by atoms with Crippen molar-refractivity contribution in [2.45, 2.75) is 25.1 Å².